The number of hydrogen-bond donors (Lipinski definition) is 1. The molecular weight excluding hydrogens is 361 g/mol. The summed E-state index contributed by atoms with van der Waals surface area (Å²) in [6, 6.07) is 7.97. The Morgan fingerprint density at radius 1 is 1.07 bits per heavy atom. The van der Waals surface area contributed by atoms with E-state index in [-0.39, 0.29) is 17.6 Å². The number of rotatable bonds is 3. The summed E-state index contributed by atoms with van der Waals surface area (Å²) in [5.41, 5.74) is 1.13. The number of amides is 2. The van der Waals surface area contributed by atoms with Crippen LogP contribution in [0.15, 0.2) is 47.2 Å². The quantitative estimate of drug-likeness (QED) is 0.758. The Morgan fingerprint density at radius 2 is 1.82 bits per heavy atom. The SMILES string of the molecule is O=C(c1ccco1)N1CCN(C(=O)C2(c3c[nH]c4cc(F)ccc34)CC2)CC1. The van der Waals surface area contributed by atoms with Crippen LogP contribution in [0.5, 0.6) is 0 Å². The Hall–Kier alpha value is -3.09. The summed E-state index contributed by atoms with van der Waals surface area (Å²) in [6.07, 6.45) is 4.91. The van der Waals surface area contributed by atoms with E-state index in [1.54, 1.807) is 23.1 Å². The predicted octanol–water partition coefficient (Wildman–Crippen LogP) is 2.92. The van der Waals surface area contributed by atoms with E-state index in [0.29, 0.717) is 37.5 Å². The van der Waals surface area contributed by atoms with Gasteiger partial charge >= 0.3 is 0 Å². The molecule has 7 heteroatoms. The van der Waals surface area contributed by atoms with Crippen molar-refractivity contribution in [2.24, 2.45) is 0 Å². The van der Waals surface area contributed by atoms with Crippen molar-refractivity contribution in [1.82, 2.24) is 14.8 Å². The van der Waals surface area contributed by atoms with Crippen LogP contribution >= 0.6 is 0 Å². The van der Waals surface area contributed by atoms with Crippen molar-refractivity contribution in [2.45, 2.75) is 18.3 Å². The van der Waals surface area contributed by atoms with Gasteiger partial charge in [0.2, 0.25) is 5.91 Å². The lowest BCUT2D eigenvalue weighted by atomic mass is 9.93. The standard InChI is InChI=1S/C21H20FN3O3/c22-14-3-4-15-16(13-23-17(15)12-14)21(5-6-21)20(27)25-9-7-24(8-10-25)19(26)18-2-1-11-28-18/h1-4,11-13,23H,5-10H2. The van der Waals surface area contributed by atoms with E-state index in [9.17, 15) is 14.0 Å². The van der Waals surface area contributed by atoms with Crippen LogP contribution in [0.25, 0.3) is 10.9 Å². The van der Waals surface area contributed by atoms with Gasteiger partial charge in [0.1, 0.15) is 5.82 Å². The van der Waals surface area contributed by atoms with Gasteiger partial charge in [0.05, 0.1) is 11.7 Å². The zero-order valence-corrected chi connectivity index (χ0v) is 15.3. The normalized spacial score (nSPS) is 18.5. The number of carbonyl (C=O) groups is 2. The van der Waals surface area contributed by atoms with Crippen LogP contribution in [-0.2, 0) is 10.2 Å². The molecule has 28 heavy (non-hydrogen) atoms. The van der Waals surface area contributed by atoms with Gasteiger partial charge in [-0.15, -0.1) is 0 Å². The molecular formula is C21H20FN3O3. The molecule has 0 atom stereocenters. The largest absolute Gasteiger partial charge is 0.459 e. The maximum Gasteiger partial charge on any atom is 0.289 e. The van der Waals surface area contributed by atoms with Gasteiger partial charge in [-0.25, -0.2) is 4.39 Å². The summed E-state index contributed by atoms with van der Waals surface area (Å²) >= 11 is 0. The van der Waals surface area contributed by atoms with E-state index in [4.69, 9.17) is 4.42 Å². The smallest absolute Gasteiger partial charge is 0.289 e. The predicted molar refractivity (Wildman–Crippen MR) is 100 cm³/mol. The highest BCUT2D eigenvalue weighted by atomic mass is 19.1. The number of aromatic amines is 1. The van der Waals surface area contributed by atoms with E-state index in [2.05, 4.69) is 4.98 Å². The summed E-state index contributed by atoms with van der Waals surface area (Å²) < 4.78 is 18.7. The molecule has 6 nitrogen and oxygen atoms in total. The van der Waals surface area contributed by atoms with Gasteiger partial charge in [0.25, 0.3) is 5.91 Å². The fourth-order valence-corrected chi connectivity index (χ4v) is 4.19. The van der Waals surface area contributed by atoms with Crippen LogP contribution in [0.1, 0.15) is 29.0 Å². The first-order valence-corrected chi connectivity index (χ1v) is 9.48. The monoisotopic (exact) mass is 381 g/mol. The van der Waals surface area contributed by atoms with Crippen molar-refractivity contribution in [1.29, 1.82) is 0 Å². The van der Waals surface area contributed by atoms with Gasteiger partial charge in [-0.05, 0) is 48.7 Å². The van der Waals surface area contributed by atoms with Crippen molar-refractivity contribution in [3.8, 4) is 0 Å². The molecule has 3 aromatic rings. The zero-order chi connectivity index (χ0) is 19.3. The Bertz CT molecular complexity index is 1040. The second-order valence-electron chi connectivity index (χ2n) is 7.54. The number of nitrogens with zero attached hydrogens (tertiary/aromatic N) is 2. The Kier molecular flexibility index (Phi) is 3.79. The highest BCUT2D eigenvalue weighted by Gasteiger charge is 2.54. The molecule has 1 aromatic carbocycles. The number of furan rings is 1. The van der Waals surface area contributed by atoms with E-state index >= 15 is 0 Å². The molecule has 144 valence electrons. The zero-order valence-electron chi connectivity index (χ0n) is 15.3. The Labute approximate surface area is 160 Å². The molecule has 1 aliphatic carbocycles. The average molecular weight is 381 g/mol. The molecule has 5 rings (SSSR count). The fraction of sp³-hybridized carbons (Fsp3) is 0.333. The van der Waals surface area contributed by atoms with Crippen molar-refractivity contribution < 1.29 is 18.4 Å². The molecule has 2 aromatic heterocycles. The second-order valence-corrected chi connectivity index (χ2v) is 7.54. The van der Waals surface area contributed by atoms with Crippen molar-refractivity contribution in [2.75, 3.05) is 26.2 Å². The van der Waals surface area contributed by atoms with Crippen LogP contribution in [0.2, 0.25) is 0 Å². The molecule has 1 saturated heterocycles. The molecule has 1 saturated carbocycles. The summed E-state index contributed by atoms with van der Waals surface area (Å²) in [5, 5.41) is 0.902. The number of piperazine rings is 1. The van der Waals surface area contributed by atoms with Gasteiger partial charge in [-0.3, -0.25) is 9.59 Å². The number of aromatic nitrogens is 1. The van der Waals surface area contributed by atoms with E-state index in [0.717, 1.165) is 23.8 Å². The second kappa shape index (κ2) is 6.22. The lowest BCUT2D eigenvalue weighted by molar-refractivity contribution is -0.135. The van der Waals surface area contributed by atoms with E-state index < -0.39 is 5.41 Å². The molecule has 1 N–H and O–H groups in total. The minimum Gasteiger partial charge on any atom is -0.459 e. The molecule has 0 bridgehead atoms. The number of carbonyl (C=O) groups excluding carboxylic acids is 2. The van der Waals surface area contributed by atoms with E-state index in [1.807, 2.05) is 11.1 Å². The highest BCUT2D eigenvalue weighted by Crippen LogP contribution is 2.51. The average Bonchev–Trinajstić information content (AvgIpc) is 3.14. The summed E-state index contributed by atoms with van der Waals surface area (Å²) in [5.74, 6) is -0.0152. The number of benzene rings is 1. The molecule has 2 aliphatic rings. The van der Waals surface area contributed by atoms with Gasteiger partial charge < -0.3 is 19.2 Å². The van der Waals surface area contributed by atoms with Crippen LogP contribution < -0.4 is 0 Å². The van der Waals surface area contributed by atoms with Gasteiger partial charge in [0.15, 0.2) is 5.76 Å². The number of nitrogens with one attached hydrogen (secondary N) is 1. The molecule has 2 amide bonds. The molecule has 0 spiro atoms. The van der Waals surface area contributed by atoms with Crippen molar-refractivity contribution >= 4 is 22.7 Å². The van der Waals surface area contributed by atoms with Crippen molar-refractivity contribution in [3.05, 3.63) is 59.9 Å². The van der Waals surface area contributed by atoms with Crippen LogP contribution in [-0.4, -0.2) is 52.8 Å². The number of fused-ring (bicyclic) bond motifs is 1. The van der Waals surface area contributed by atoms with Crippen LogP contribution in [0.3, 0.4) is 0 Å². The number of hydrogen-bond acceptors (Lipinski definition) is 3. The van der Waals surface area contributed by atoms with Crippen LogP contribution in [0.4, 0.5) is 4.39 Å². The van der Waals surface area contributed by atoms with Crippen LogP contribution in [0, 0.1) is 5.82 Å². The van der Waals surface area contributed by atoms with Crippen molar-refractivity contribution in [3.63, 3.8) is 0 Å². The van der Waals surface area contributed by atoms with Gasteiger partial charge in [-0.2, -0.15) is 0 Å². The summed E-state index contributed by atoms with van der Waals surface area (Å²) in [6.45, 7) is 1.98. The first-order valence-electron chi connectivity index (χ1n) is 9.48. The fourth-order valence-electron chi connectivity index (χ4n) is 4.19. The lowest BCUT2D eigenvalue weighted by Gasteiger charge is -2.36. The highest BCUT2D eigenvalue weighted by molar-refractivity contribution is 5.98. The molecule has 3 heterocycles. The maximum absolute atomic E-state index is 13.5. The first-order chi connectivity index (χ1) is 13.6. The third-order valence-corrected chi connectivity index (χ3v) is 5.90. The molecule has 2 fully saturated rings. The Morgan fingerprint density at radius 3 is 2.50 bits per heavy atom. The summed E-state index contributed by atoms with van der Waals surface area (Å²) in [7, 11) is 0. The third kappa shape index (κ3) is 2.61. The maximum atomic E-state index is 13.5. The minimum atomic E-state index is -0.525. The van der Waals surface area contributed by atoms with Gasteiger partial charge in [-0.1, -0.05) is 0 Å². The van der Waals surface area contributed by atoms with E-state index in [1.165, 1.54) is 18.4 Å². The molecule has 0 unspecified atom stereocenters. The third-order valence-electron chi connectivity index (χ3n) is 5.90. The minimum absolute atomic E-state index is 0.0998. The lowest BCUT2D eigenvalue weighted by Crippen LogP contribution is -2.52. The topological polar surface area (TPSA) is 69.6 Å². The molecule has 1 aliphatic heterocycles. The first kappa shape index (κ1) is 17.0. The molecule has 0 radical (unpaired) electrons. The number of H-pyrrole nitrogens is 1. The Balaban J connectivity index is 1.32. The van der Waals surface area contributed by atoms with Gasteiger partial charge in [0, 0.05) is 43.3 Å². The number of halogens is 1. The summed E-state index contributed by atoms with van der Waals surface area (Å²) in [4.78, 5) is 32.4.